The summed E-state index contributed by atoms with van der Waals surface area (Å²) < 4.78 is 7.30. The van der Waals surface area contributed by atoms with E-state index in [-0.39, 0.29) is 16.2 Å². The lowest BCUT2D eigenvalue weighted by Gasteiger charge is -2.33. The molecule has 0 radical (unpaired) electrons. The SMILES string of the molecule is CC(C)(C)c1ccc2c(c1)c1cc(N(c3ccccc3)c3cc(N(c4ccccc4)c4ccc5c(c4)c4cc(C(C)(C)C)ccc4n5-c4ccccc4)cc(N(c4ccc5c(c4)c4cc(C(C)(C)C)ccc4n5-c4ccccc4)c4cccc5ccccc45)c3)ccc1n2-c1ccccc1. The van der Waals surface area contributed by atoms with Crippen LogP contribution in [0.5, 0.6) is 0 Å². The molecule has 6 heteroatoms. The van der Waals surface area contributed by atoms with E-state index in [1.54, 1.807) is 0 Å². The number of hydrogen-bond donors (Lipinski definition) is 0. The van der Waals surface area contributed by atoms with Gasteiger partial charge in [0, 0.05) is 83.2 Å². The molecule has 0 bridgehead atoms. The Balaban J connectivity index is 0.979. The minimum absolute atomic E-state index is 0.0712. The fourth-order valence-electron chi connectivity index (χ4n) is 15.3. The van der Waals surface area contributed by atoms with Crippen molar-refractivity contribution >= 4 is 127 Å². The second kappa shape index (κ2) is 24.0. The zero-order chi connectivity index (χ0) is 68.2. The molecule has 0 saturated carbocycles. The first-order valence-electron chi connectivity index (χ1n) is 35.1. The van der Waals surface area contributed by atoms with E-state index in [9.17, 15) is 0 Å². The lowest BCUT2D eigenvalue weighted by Crippen LogP contribution is -2.16. The number of nitrogens with zero attached hydrogens (tertiary/aromatic N) is 6. The van der Waals surface area contributed by atoms with E-state index in [1.165, 1.54) is 65.6 Å². The van der Waals surface area contributed by atoms with E-state index in [2.05, 4.69) is 412 Å². The number of fused-ring (bicyclic) bond motifs is 10. The zero-order valence-corrected chi connectivity index (χ0v) is 58.3. The van der Waals surface area contributed by atoms with Crippen LogP contribution in [0.4, 0.5) is 51.2 Å². The van der Waals surface area contributed by atoms with Gasteiger partial charge in [0.25, 0.3) is 0 Å². The van der Waals surface area contributed by atoms with Gasteiger partial charge in [-0.1, -0.05) is 208 Å². The quantitative estimate of drug-likeness (QED) is 0.122. The molecule has 0 amide bonds. The van der Waals surface area contributed by atoms with Crippen molar-refractivity contribution in [3.8, 4) is 17.1 Å². The molecule has 0 unspecified atom stereocenters. The van der Waals surface area contributed by atoms with Crippen molar-refractivity contribution < 1.29 is 0 Å². The maximum absolute atomic E-state index is 2.52. The van der Waals surface area contributed by atoms with E-state index in [0.717, 1.165) is 95.6 Å². The molecule has 486 valence electrons. The molecular formula is C94H80N6. The number of rotatable bonds is 12. The lowest BCUT2D eigenvalue weighted by atomic mass is 9.86. The summed E-state index contributed by atoms with van der Waals surface area (Å²) in [5, 5.41) is 9.47. The van der Waals surface area contributed by atoms with Crippen molar-refractivity contribution in [1.29, 1.82) is 0 Å². The number of benzene rings is 14. The molecule has 3 aromatic heterocycles. The summed E-state index contributed by atoms with van der Waals surface area (Å²) in [6.45, 7) is 20.8. The second-order valence-electron chi connectivity index (χ2n) is 29.9. The Morgan fingerprint density at radius 1 is 0.200 bits per heavy atom. The number of hydrogen-bond acceptors (Lipinski definition) is 3. The van der Waals surface area contributed by atoms with Crippen LogP contribution in [0.15, 0.2) is 322 Å². The van der Waals surface area contributed by atoms with Gasteiger partial charge >= 0.3 is 0 Å². The maximum Gasteiger partial charge on any atom is 0.0542 e. The highest BCUT2D eigenvalue weighted by atomic mass is 15.2. The molecule has 6 nitrogen and oxygen atoms in total. The van der Waals surface area contributed by atoms with Crippen LogP contribution in [0.25, 0.3) is 93.3 Å². The molecule has 17 rings (SSSR count). The van der Waals surface area contributed by atoms with Crippen molar-refractivity contribution in [3.63, 3.8) is 0 Å². The number of anilines is 9. The zero-order valence-electron chi connectivity index (χ0n) is 58.3. The van der Waals surface area contributed by atoms with Gasteiger partial charge in [0.2, 0.25) is 0 Å². The standard InChI is InChI=1S/C94H80N6/c1-92(2,3)64-42-48-86-79(54-64)82-60-72(45-51-89(82)98(86)69-34-19-12-20-35-69)95(67-30-15-10-16-31-67)75-57-76(96(68-32-17-11-18-33-68)73-46-52-90-83(61-73)80-55-65(93(4,5)6)43-49-87(80)99(90)70-36-21-13-22-37-70)59-77(58-75)97(85-41-27-29-63-28-25-26-40-78(63)85)74-47-53-91-84(62-74)81-56-66(94(7,8)9)44-50-88(81)100(91)71-38-23-14-24-39-71/h10-62H,1-9H3. The predicted octanol–water partition coefficient (Wildman–Crippen LogP) is 26.4. The molecule has 0 fully saturated rings. The first-order chi connectivity index (χ1) is 48.5. The van der Waals surface area contributed by atoms with E-state index >= 15 is 0 Å². The summed E-state index contributed by atoms with van der Waals surface area (Å²) in [5.41, 5.74) is 23.2. The molecule has 3 heterocycles. The summed E-state index contributed by atoms with van der Waals surface area (Å²) in [4.78, 5) is 7.48. The van der Waals surface area contributed by atoms with Gasteiger partial charge < -0.3 is 28.4 Å². The molecule has 0 aliphatic rings. The second-order valence-corrected chi connectivity index (χ2v) is 29.9. The number of para-hydroxylation sites is 5. The van der Waals surface area contributed by atoms with E-state index in [1.807, 2.05) is 0 Å². The van der Waals surface area contributed by atoms with Gasteiger partial charge in [0.1, 0.15) is 0 Å². The fourth-order valence-corrected chi connectivity index (χ4v) is 15.3. The summed E-state index contributed by atoms with van der Waals surface area (Å²) in [5.74, 6) is 0. The van der Waals surface area contributed by atoms with Crippen LogP contribution in [0, 0.1) is 0 Å². The topological polar surface area (TPSA) is 24.5 Å². The molecule has 0 atom stereocenters. The Hall–Kier alpha value is -11.9. The molecule has 0 N–H and O–H groups in total. The highest BCUT2D eigenvalue weighted by molar-refractivity contribution is 6.14. The van der Waals surface area contributed by atoms with Crippen molar-refractivity contribution in [2.75, 3.05) is 14.7 Å². The highest BCUT2D eigenvalue weighted by Crippen LogP contribution is 2.51. The third-order valence-corrected chi connectivity index (χ3v) is 20.4. The molecule has 0 aliphatic carbocycles. The Labute approximate surface area is 586 Å². The molecule has 100 heavy (non-hydrogen) atoms. The van der Waals surface area contributed by atoms with E-state index in [0.29, 0.717) is 0 Å². The van der Waals surface area contributed by atoms with Crippen molar-refractivity contribution in [2.45, 2.75) is 78.6 Å². The first kappa shape index (κ1) is 61.7. The van der Waals surface area contributed by atoms with Crippen LogP contribution >= 0.6 is 0 Å². The minimum Gasteiger partial charge on any atom is -0.310 e. The fraction of sp³-hybridized carbons (Fsp3) is 0.128. The van der Waals surface area contributed by atoms with Gasteiger partial charge in [0.05, 0.1) is 55.8 Å². The Morgan fingerprint density at radius 3 is 0.830 bits per heavy atom. The molecule has 0 spiro atoms. The smallest absolute Gasteiger partial charge is 0.0542 e. The molecular weight excluding hydrogens is 1210 g/mol. The monoisotopic (exact) mass is 1290 g/mol. The average molecular weight is 1290 g/mol. The van der Waals surface area contributed by atoms with E-state index < -0.39 is 0 Å². The van der Waals surface area contributed by atoms with Crippen LogP contribution in [-0.2, 0) is 16.2 Å². The van der Waals surface area contributed by atoms with Crippen LogP contribution < -0.4 is 14.7 Å². The van der Waals surface area contributed by atoms with Crippen LogP contribution in [-0.4, -0.2) is 13.7 Å². The molecule has 17 aromatic rings. The van der Waals surface area contributed by atoms with Crippen LogP contribution in [0.3, 0.4) is 0 Å². The van der Waals surface area contributed by atoms with Gasteiger partial charge in [-0.15, -0.1) is 0 Å². The Morgan fingerprint density at radius 2 is 0.480 bits per heavy atom. The lowest BCUT2D eigenvalue weighted by molar-refractivity contribution is 0.591. The third-order valence-electron chi connectivity index (χ3n) is 20.4. The summed E-state index contributed by atoms with van der Waals surface area (Å²) in [7, 11) is 0. The van der Waals surface area contributed by atoms with Crippen LogP contribution in [0.1, 0.15) is 79.0 Å². The maximum atomic E-state index is 2.52. The van der Waals surface area contributed by atoms with Gasteiger partial charge in [-0.25, -0.2) is 0 Å². The predicted molar refractivity (Wildman–Crippen MR) is 427 cm³/mol. The summed E-state index contributed by atoms with van der Waals surface area (Å²) in [6.07, 6.45) is 0. The molecule has 14 aromatic carbocycles. The molecule has 0 aliphatic heterocycles. The summed E-state index contributed by atoms with van der Waals surface area (Å²) >= 11 is 0. The van der Waals surface area contributed by atoms with Gasteiger partial charge in [-0.3, -0.25) is 0 Å². The average Bonchev–Trinajstić information content (AvgIpc) is 1.55. The Bertz CT molecular complexity index is 5720. The van der Waals surface area contributed by atoms with Gasteiger partial charge in [-0.05, 0) is 214 Å². The Kier molecular flexibility index (Phi) is 14.8. The van der Waals surface area contributed by atoms with E-state index in [4.69, 9.17) is 0 Å². The van der Waals surface area contributed by atoms with Gasteiger partial charge in [-0.2, -0.15) is 0 Å². The highest BCUT2D eigenvalue weighted by Gasteiger charge is 2.28. The van der Waals surface area contributed by atoms with Crippen LogP contribution in [0.2, 0.25) is 0 Å². The van der Waals surface area contributed by atoms with Crippen molar-refractivity contribution in [2.24, 2.45) is 0 Å². The molecule has 0 saturated heterocycles. The van der Waals surface area contributed by atoms with Gasteiger partial charge in [0.15, 0.2) is 0 Å². The first-order valence-corrected chi connectivity index (χ1v) is 35.1. The largest absolute Gasteiger partial charge is 0.310 e. The minimum atomic E-state index is -0.0776. The van der Waals surface area contributed by atoms with Crippen molar-refractivity contribution in [1.82, 2.24) is 13.7 Å². The van der Waals surface area contributed by atoms with Crippen molar-refractivity contribution in [3.05, 3.63) is 338 Å². The normalized spacial score (nSPS) is 12.2. The number of aromatic nitrogens is 3. The summed E-state index contributed by atoms with van der Waals surface area (Å²) in [6, 6.07) is 120. The third kappa shape index (κ3) is 10.7.